The van der Waals surface area contributed by atoms with E-state index in [0.717, 1.165) is 19.5 Å². The monoisotopic (exact) mass is 213 g/mol. The third-order valence-corrected chi connectivity index (χ3v) is 2.71. The summed E-state index contributed by atoms with van der Waals surface area (Å²) in [5.74, 6) is 0. The minimum absolute atomic E-state index is 0.0343. The molecule has 88 valence electrons. The lowest BCUT2D eigenvalue weighted by Crippen LogP contribution is -2.51. The number of amides is 2. The van der Waals surface area contributed by atoms with Crippen LogP contribution in [0.25, 0.3) is 0 Å². The molecular formula is C11H23N3O. The zero-order valence-corrected chi connectivity index (χ0v) is 10.0. The van der Waals surface area contributed by atoms with Gasteiger partial charge in [0.2, 0.25) is 0 Å². The van der Waals surface area contributed by atoms with Gasteiger partial charge in [-0.3, -0.25) is 0 Å². The molecular weight excluding hydrogens is 190 g/mol. The molecule has 1 unspecified atom stereocenters. The topological polar surface area (TPSA) is 44.4 Å². The Morgan fingerprint density at radius 2 is 2.27 bits per heavy atom. The molecule has 15 heavy (non-hydrogen) atoms. The zero-order valence-electron chi connectivity index (χ0n) is 10.0. The van der Waals surface area contributed by atoms with Gasteiger partial charge >= 0.3 is 6.03 Å². The predicted molar refractivity (Wildman–Crippen MR) is 61.9 cm³/mol. The average molecular weight is 213 g/mol. The van der Waals surface area contributed by atoms with Crippen LogP contribution in [0, 0.1) is 0 Å². The molecule has 0 spiro atoms. The molecule has 4 nitrogen and oxygen atoms in total. The summed E-state index contributed by atoms with van der Waals surface area (Å²) in [5, 5.41) is 5.88. The minimum atomic E-state index is -0.0343. The first-order chi connectivity index (χ1) is 7.11. The van der Waals surface area contributed by atoms with Crippen molar-refractivity contribution in [1.29, 1.82) is 0 Å². The van der Waals surface area contributed by atoms with Crippen LogP contribution >= 0.6 is 0 Å². The maximum Gasteiger partial charge on any atom is 0.315 e. The Morgan fingerprint density at radius 1 is 1.53 bits per heavy atom. The van der Waals surface area contributed by atoms with Crippen molar-refractivity contribution in [1.82, 2.24) is 15.5 Å². The molecule has 4 heteroatoms. The van der Waals surface area contributed by atoms with Crippen LogP contribution in [0.2, 0.25) is 0 Å². The normalized spacial score (nSPS) is 22.8. The van der Waals surface area contributed by atoms with E-state index in [4.69, 9.17) is 0 Å². The number of urea groups is 1. The molecule has 2 amide bonds. The van der Waals surface area contributed by atoms with E-state index in [-0.39, 0.29) is 12.1 Å². The number of likely N-dealkylation sites (N-methyl/N-ethyl adjacent to an activating group) is 1. The molecule has 1 atom stereocenters. The van der Waals surface area contributed by atoms with E-state index in [1.165, 1.54) is 13.0 Å². The van der Waals surface area contributed by atoms with Crippen molar-refractivity contribution in [2.24, 2.45) is 0 Å². The number of piperidine rings is 1. The number of rotatable bonds is 3. The lowest BCUT2D eigenvalue weighted by Gasteiger charge is -2.32. The van der Waals surface area contributed by atoms with E-state index in [9.17, 15) is 4.79 Å². The van der Waals surface area contributed by atoms with Gasteiger partial charge in [0.05, 0.1) is 0 Å². The molecule has 1 saturated heterocycles. The molecule has 0 saturated carbocycles. The highest BCUT2D eigenvalue weighted by Crippen LogP contribution is 2.09. The molecule has 0 aliphatic carbocycles. The SMILES string of the molecule is CCN1CCCC(NC(=O)NC(C)C)C1. The molecule has 1 heterocycles. The van der Waals surface area contributed by atoms with Crippen LogP contribution in [-0.4, -0.2) is 42.6 Å². The second kappa shape index (κ2) is 5.95. The lowest BCUT2D eigenvalue weighted by atomic mass is 10.1. The van der Waals surface area contributed by atoms with Gasteiger partial charge in [-0.05, 0) is 39.8 Å². The Hall–Kier alpha value is -0.770. The Kier molecular flexibility index (Phi) is 4.88. The summed E-state index contributed by atoms with van der Waals surface area (Å²) in [7, 11) is 0. The van der Waals surface area contributed by atoms with Crippen molar-refractivity contribution in [2.45, 2.75) is 45.7 Å². The summed E-state index contributed by atoms with van der Waals surface area (Å²) >= 11 is 0. The standard InChI is InChI=1S/C11H23N3O/c1-4-14-7-5-6-10(8-14)13-11(15)12-9(2)3/h9-10H,4-8H2,1-3H3,(H2,12,13,15). The second-order valence-corrected chi connectivity index (χ2v) is 4.50. The largest absolute Gasteiger partial charge is 0.336 e. The van der Waals surface area contributed by atoms with Gasteiger partial charge in [-0.15, -0.1) is 0 Å². The molecule has 0 radical (unpaired) electrons. The summed E-state index contributed by atoms with van der Waals surface area (Å²) in [4.78, 5) is 13.9. The third kappa shape index (κ3) is 4.51. The quantitative estimate of drug-likeness (QED) is 0.739. The Balaban J connectivity index is 2.28. The second-order valence-electron chi connectivity index (χ2n) is 4.50. The molecule has 1 fully saturated rings. The van der Waals surface area contributed by atoms with Gasteiger partial charge in [0, 0.05) is 18.6 Å². The number of carbonyl (C=O) groups excluding carboxylic acids is 1. The fraction of sp³-hybridized carbons (Fsp3) is 0.909. The maximum atomic E-state index is 11.5. The number of likely N-dealkylation sites (tertiary alicyclic amines) is 1. The van der Waals surface area contributed by atoms with E-state index in [1.54, 1.807) is 0 Å². The Labute approximate surface area is 92.4 Å². The number of hydrogen-bond donors (Lipinski definition) is 2. The molecule has 0 bridgehead atoms. The van der Waals surface area contributed by atoms with Gasteiger partial charge in [0.25, 0.3) is 0 Å². The number of nitrogens with one attached hydrogen (secondary N) is 2. The van der Waals surface area contributed by atoms with E-state index < -0.39 is 0 Å². The van der Waals surface area contributed by atoms with E-state index >= 15 is 0 Å². The molecule has 1 aliphatic rings. The van der Waals surface area contributed by atoms with Crippen molar-refractivity contribution in [3.63, 3.8) is 0 Å². The molecule has 0 aromatic rings. The van der Waals surface area contributed by atoms with E-state index in [0.29, 0.717) is 6.04 Å². The Morgan fingerprint density at radius 3 is 2.87 bits per heavy atom. The van der Waals surface area contributed by atoms with Crippen LogP contribution in [0.1, 0.15) is 33.6 Å². The van der Waals surface area contributed by atoms with Crippen molar-refractivity contribution >= 4 is 6.03 Å². The van der Waals surface area contributed by atoms with Crippen molar-refractivity contribution in [3.8, 4) is 0 Å². The summed E-state index contributed by atoms with van der Waals surface area (Å²) in [6.07, 6.45) is 2.28. The van der Waals surface area contributed by atoms with E-state index in [1.807, 2.05) is 13.8 Å². The van der Waals surface area contributed by atoms with Crippen LogP contribution in [0.5, 0.6) is 0 Å². The molecule has 2 N–H and O–H groups in total. The fourth-order valence-electron chi connectivity index (χ4n) is 1.95. The van der Waals surface area contributed by atoms with Crippen molar-refractivity contribution in [3.05, 3.63) is 0 Å². The number of nitrogens with zero attached hydrogens (tertiary/aromatic N) is 1. The van der Waals surface area contributed by atoms with Crippen LogP contribution < -0.4 is 10.6 Å². The van der Waals surface area contributed by atoms with Crippen LogP contribution in [0.15, 0.2) is 0 Å². The van der Waals surface area contributed by atoms with Gasteiger partial charge in [-0.25, -0.2) is 4.79 Å². The highest BCUT2D eigenvalue weighted by molar-refractivity contribution is 5.74. The minimum Gasteiger partial charge on any atom is -0.336 e. The van der Waals surface area contributed by atoms with Gasteiger partial charge < -0.3 is 15.5 Å². The fourth-order valence-corrected chi connectivity index (χ4v) is 1.95. The highest BCUT2D eigenvalue weighted by atomic mass is 16.2. The summed E-state index contributed by atoms with van der Waals surface area (Å²) < 4.78 is 0. The summed E-state index contributed by atoms with van der Waals surface area (Å²) in [6.45, 7) is 9.33. The average Bonchev–Trinajstić information content (AvgIpc) is 2.16. The lowest BCUT2D eigenvalue weighted by molar-refractivity contribution is 0.191. The molecule has 0 aromatic carbocycles. The van der Waals surface area contributed by atoms with Gasteiger partial charge in [-0.2, -0.15) is 0 Å². The highest BCUT2D eigenvalue weighted by Gasteiger charge is 2.20. The Bertz CT molecular complexity index is 206. The molecule has 0 aromatic heterocycles. The molecule has 1 aliphatic heterocycles. The zero-order chi connectivity index (χ0) is 11.3. The van der Waals surface area contributed by atoms with Gasteiger partial charge in [-0.1, -0.05) is 6.92 Å². The van der Waals surface area contributed by atoms with Crippen LogP contribution in [0.3, 0.4) is 0 Å². The summed E-state index contributed by atoms with van der Waals surface area (Å²) in [5.41, 5.74) is 0. The van der Waals surface area contributed by atoms with Crippen LogP contribution in [0.4, 0.5) is 4.79 Å². The van der Waals surface area contributed by atoms with Gasteiger partial charge in [0.1, 0.15) is 0 Å². The van der Waals surface area contributed by atoms with E-state index in [2.05, 4.69) is 22.5 Å². The number of carbonyl (C=O) groups is 1. The van der Waals surface area contributed by atoms with Crippen molar-refractivity contribution in [2.75, 3.05) is 19.6 Å². The first kappa shape index (κ1) is 12.3. The first-order valence-electron chi connectivity index (χ1n) is 5.91. The van der Waals surface area contributed by atoms with Gasteiger partial charge in [0.15, 0.2) is 0 Å². The first-order valence-corrected chi connectivity index (χ1v) is 5.91. The van der Waals surface area contributed by atoms with Crippen LogP contribution in [-0.2, 0) is 0 Å². The van der Waals surface area contributed by atoms with Crippen molar-refractivity contribution < 1.29 is 4.79 Å². The maximum absolute atomic E-state index is 11.5. The predicted octanol–water partition coefficient (Wildman–Crippen LogP) is 1.18. The molecule has 1 rings (SSSR count). The number of hydrogen-bond acceptors (Lipinski definition) is 2. The summed E-state index contributed by atoms with van der Waals surface area (Å²) in [6, 6.07) is 0.487. The third-order valence-electron chi connectivity index (χ3n) is 2.71. The smallest absolute Gasteiger partial charge is 0.315 e.